The molecule has 0 N–H and O–H groups in total. The smallest absolute Gasteiger partial charge is 0.357 e. The maximum absolute atomic E-state index is 12.7. The van der Waals surface area contributed by atoms with Crippen LogP contribution in [0, 0.1) is 12.8 Å². The number of pyridine rings is 1. The van der Waals surface area contributed by atoms with Crippen molar-refractivity contribution in [2.24, 2.45) is 5.92 Å². The van der Waals surface area contributed by atoms with Crippen LogP contribution in [-0.4, -0.2) is 35.9 Å². The lowest BCUT2D eigenvalue weighted by Gasteiger charge is -2.34. The highest BCUT2D eigenvalue weighted by Crippen LogP contribution is 2.30. The second-order valence-corrected chi connectivity index (χ2v) is 7.34. The van der Waals surface area contributed by atoms with Gasteiger partial charge in [0.15, 0.2) is 0 Å². The highest BCUT2D eigenvalue weighted by atomic mass is 19.4. The largest absolute Gasteiger partial charge is 0.417 e. The van der Waals surface area contributed by atoms with Crippen molar-refractivity contribution in [3.63, 3.8) is 0 Å². The van der Waals surface area contributed by atoms with E-state index < -0.39 is 11.7 Å². The Morgan fingerprint density at radius 2 is 1.79 bits per heavy atom. The Morgan fingerprint density at radius 3 is 2.32 bits per heavy atom. The highest BCUT2D eigenvalue weighted by molar-refractivity contribution is 5.79. The number of amides is 1. The second-order valence-electron chi connectivity index (χ2n) is 7.34. The summed E-state index contributed by atoms with van der Waals surface area (Å²) in [5, 5.41) is 0. The first kappa shape index (κ1) is 20.2. The predicted molar refractivity (Wildman–Crippen MR) is 102 cm³/mol. The summed E-state index contributed by atoms with van der Waals surface area (Å²) in [6.07, 6.45) is -2.19. The van der Waals surface area contributed by atoms with Gasteiger partial charge in [-0.15, -0.1) is 0 Å². The van der Waals surface area contributed by atoms with E-state index in [1.165, 1.54) is 11.6 Å². The molecule has 0 bridgehead atoms. The highest BCUT2D eigenvalue weighted by Gasteiger charge is 2.32. The third-order valence-corrected chi connectivity index (χ3v) is 5.16. The first-order chi connectivity index (χ1) is 13.2. The number of halogens is 3. The predicted octanol–water partition coefficient (Wildman–Crippen LogP) is 4.28. The van der Waals surface area contributed by atoms with E-state index in [-0.39, 0.29) is 11.8 Å². The van der Waals surface area contributed by atoms with Crippen molar-refractivity contribution in [3.05, 3.63) is 59.3 Å². The normalized spacial score (nSPS) is 15.5. The molecule has 0 saturated carbocycles. The molecule has 1 aliphatic heterocycles. The molecule has 7 heteroatoms. The van der Waals surface area contributed by atoms with E-state index >= 15 is 0 Å². The number of aryl methyl sites for hydroxylation is 1. The van der Waals surface area contributed by atoms with E-state index in [1.807, 2.05) is 43.1 Å². The number of carbonyl (C=O) groups is 1. The molecule has 1 saturated heterocycles. The van der Waals surface area contributed by atoms with Crippen molar-refractivity contribution >= 4 is 11.7 Å². The molecule has 0 radical (unpaired) electrons. The molecular formula is C21H24F3N3O. The monoisotopic (exact) mass is 391 g/mol. The van der Waals surface area contributed by atoms with Crippen LogP contribution in [0.3, 0.4) is 0 Å². The number of alkyl halides is 3. The van der Waals surface area contributed by atoms with Crippen LogP contribution >= 0.6 is 0 Å². The van der Waals surface area contributed by atoms with Crippen LogP contribution in [0.25, 0.3) is 0 Å². The topological polar surface area (TPSA) is 36.4 Å². The van der Waals surface area contributed by atoms with Gasteiger partial charge in [-0.3, -0.25) is 4.79 Å². The number of carbonyl (C=O) groups excluding carboxylic acids is 1. The van der Waals surface area contributed by atoms with Gasteiger partial charge in [0.1, 0.15) is 5.82 Å². The number of hydrogen-bond acceptors (Lipinski definition) is 3. The zero-order chi connectivity index (χ0) is 20.3. The molecule has 28 heavy (non-hydrogen) atoms. The van der Waals surface area contributed by atoms with Gasteiger partial charge in [-0.25, -0.2) is 4.98 Å². The van der Waals surface area contributed by atoms with Gasteiger partial charge in [0, 0.05) is 38.8 Å². The standard InChI is InChI=1S/C21H24F3N3O/c1-15-3-5-16(6-4-15)14-26(2)20(28)17-9-11-27(12-10-17)19-8-7-18(13-25-19)21(22,23)24/h3-8,13,17H,9-12,14H2,1-2H3. The lowest BCUT2D eigenvalue weighted by atomic mass is 9.95. The average Bonchev–Trinajstić information content (AvgIpc) is 2.69. The second kappa shape index (κ2) is 8.20. The van der Waals surface area contributed by atoms with Crippen LogP contribution in [0.4, 0.5) is 19.0 Å². The Balaban J connectivity index is 1.54. The first-order valence-electron chi connectivity index (χ1n) is 9.33. The number of benzene rings is 1. The Labute approximate surface area is 163 Å². The Bertz CT molecular complexity index is 795. The molecule has 0 unspecified atom stereocenters. The van der Waals surface area contributed by atoms with Gasteiger partial charge in [0.25, 0.3) is 0 Å². The van der Waals surface area contributed by atoms with Crippen LogP contribution in [-0.2, 0) is 17.5 Å². The number of rotatable bonds is 4. The number of anilines is 1. The van der Waals surface area contributed by atoms with E-state index in [0.717, 1.165) is 17.8 Å². The number of aromatic nitrogens is 1. The fourth-order valence-electron chi connectivity index (χ4n) is 3.45. The third kappa shape index (κ3) is 4.82. The summed E-state index contributed by atoms with van der Waals surface area (Å²) in [6, 6.07) is 10.6. The van der Waals surface area contributed by atoms with Gasteiger partial charge in [-0.1, -0.05) is 29.8 Å². The van der Waals surface area contributed by atoms with Gasteiger partial charge >= 0.3 is 6.18 Å². The maximum Gasteiger partial charge on any atom is 0.417 e. The van der Waals surface area contributed by atoms with Crippen molar-refractivity contribution in [2.45, 2.75) is 32.5 Å². The minimum atomic E-state index is -4.38. The molecule has 0 atom stereocenters. The van der Waals surface area contributed by atoms with Gasteiger partial charge < -0.3 is 9.80 Å². The van der Waals surface area contributed by atoms with Gasteiger partial charge in [-0.05, 0) is 37.5 Å². The Kier molecular flexibility index (Phi) is 5.91. The number of hydrogen-bond donors (Lipinski definition) is 0. The zero-order valence-corrected chi connectivity index (χ0v) is 16.0. The van der Waals surface area contributed by atoms with Crippen LogP contribution < -0.4 is 4.90 Å². The van der Waals surface area contributed by atoms with Gasteiger partial charge in [0.2, 0.25) is 5.91 Å². The van der Waals surface area contributed by atoms with E-state index in [0.29, 0.717) is 38.3 Å². The molecule has 1 aromatic carbocycles. The molecule has 1 amide bonds. The summed E-state index contributed by atoms with van der Waals surface area (Å²) in [5.41, 5.74) is 1.52. The third-order valence-electron chi connectivity index (χ3n) is 5.16. The molecule has 1 aromatic heterocycles. The summed E-state index contributed by atoms with van der Waals surface area (Å²) < 4.78 is 38.0. The summed E-state index contributed by atoms with van der Waals surface area (Å²) in [4.78, 5) is 20.4. The lowest BCUT2D eigenvalue weighted by Crippen LogP contribution is -2.41. The van der Waals surface area contributed by atoms with Crippen molar-refractivity contribution in [1.82, 2.24) is 9.88 Å². The summed E-state index contributed by atoms with van der Waals surface area (Å²) in [5.74, 6) is 0.564. The van der Waals surface area contributed by atoms with E-state index in [9.17, 15) is 18.0 Å². The molecule has 4 nitrogen and oxygen atoms in total. The minimum absolute atomic E-state index is 0.0684. The number of nitrogens with zero attached hydrogens (tertiary/aromatic N) is 3. The zero-order valence-electron chi connectivity index (χ0n) is 16.0. The van der Waals surface area contributed by atoms with E-state index in [4.69, 9.17) is 0 Å². The Morgan fingerprint density at radius 1 is 1.14 bits per heavy atom. The first-order valence-corrected chi connectivity index (χ1v) is 9.33. The van der Waals surface area contributed by atoms with Gasteiger partial charge in [-0.2, -0.15) is 13.2 Å². The summed E-state index contributed by atoms with van der Waals surface area (Å²) in [6.45, 7) is 3.80. The van der Waals surface area contributed by atoms with Crippen LogP contribution in [0.1, 0.15) is 29.5 Å². The minimum Gasteiger partial charge on any atom is -0.357 e. The fourth-order valence-corrected chi connectivity index (χ4v) is 3.45. The lowest BCUT2D eigenvalue weighted by molar-refractivity contribution is -0.138. The van der Waals surface area contributed by atoms with Crippen molar-refractivity contribution in [1.29, 1.82) is 0 Å². The van der Waals surface area contributed by atoms with E-state index in [1.54, 1.807) is 4.90 Å². The SMILES string of the molecule is Cc1ccc(CN(C)C(=O)C2CCN(c3ccc(C(F)(F)F)cn3)CC2)cc1. The van der Waals surface area contributed by atoms with Gasteiger partial charge in [0.05, 0.1) is 5.56 Å². The molecule has 3 rings (SSSR count). The molecule has 1 fully saturated rings. The molecule has 150 valence electrons. The molecule has 1 aliphatic rings. The molecule has 2 heterocycles. The molecule has 0 spiro atoms. The van der Waals surface area contributed by atoms with Crippen molar-refractivity contribution in [2.75, 3.05) is 25.0 Å². The van der Waals surface area contributed by atoms with E-state index in [2.05, 4.69) is 4.98 Å². The molecule has 0 aliphatic carbocycles. The van der Waals surface area contributed by atoms with Crippen molar-refractivity contribution in [3.8, 4) is 0 Å². The quantitative estimate of drug-likeness (QED) is 0.780. The van der Waals surface area contributed by atoms with Crippen molar-refractivity contribution < 1.29 is 18.0 Å². The number of piperidine rings is 1. The Hall–Kier alpha value is -2.57. The average molecular weight is 391 g/mol. The van der Waals surface area contributed by atoms with Crippen LogP contribution in [0.15, 0.2) is 42.6 Å². The fraction of sp³-hybridized carbons (Fsp3) is 0.429. The summed E-state index contributed by atoms with van der Waals surface area (Å²) >= 11 is 0. The van der Waals surface area contributed by atoms with Crippen LogP contribution in [0.5, 0.6) is 0 Å². The molecular weight excluding hydrogens is 367 g/mol. The van der Waals surface area contributed by atoms with Crippen LogP contribution in [0.2, 0.25) is 0 Å². The summed E-state index contributed by atoms with van der Waals surface area (Å²) in [7, 11) is 1.81. The maximum atomic E-state index is 12.7. The molecule has 2 aromatic rings.